The first-order chi connectivity index (χ1) is 10.5. The highest BCUT2D eigenvalue weighted by Crippen LogP contribution is 2.23. The standard InChI is InChI=1S/C19H24N2O/c1-14(2)13-18(20)19(22)21(3)17-11-9-16(10-12-17)15-7-5-4-6-8-15/h4-12,14,18H,13,20H2,1-3H3/t18-/m0/s1. The highest BCUT2D eigenvalue weighted by Gasteiger charge is 2.20. The fourth-order valence-corrected chi connectivity index (χ4v) is 2.49. The van der Waals surface area contributed by atoms with Crippen molar-refractivity contribution in [2.24, 2.45) is 11.7 Å². The summed E-state index contributed by atoms with van der Waals surface area (Å²) in [4.78, 5) is 14.0. The van der Waals surface area contributed by atoms with E-state index in [0.717, 1.165) is 11.3 Å². The summed E-state index contributed by atoms with van der Waals surface area (Å²) >= 11 is 0. The van der Waals surface area contributed by atoms with Crippen molar-refractivity contribution in [3.05, 3.63) is 54.6 Å². The van der Waals surface area contributed by atoms with Crippen molar-refractivity contribution in [2.45, 2.75) is 26.3 Å². The molecule has 3 nitrogen and oxygen atoms in total. The number of rotatable bonds is 5. The van der Waals surface area contributed by atoms with Gasteiger partial charge in [0.15, 0.2) is 0 Å². The average molecular weight is 296 g/mol. The van der Waals surface area contributed by atoms with Crippen LogP contribution in [0.5, 0.6) is 0 Å². The van der Waals surface area contributed by atoms with Crippen molar-refractivity contribution < 1.29 is 4.79 Å². The molecule has 0 saturated heterocycles. The summed E-state index contributed by atoms with van der Waals surface area (Å²) in [6, 6.07) is 17.7. The quantitative estimate of drug-likeness (QED) is 0.914. The second-order valence-electron chi connectivity index (χ2n) is 6.05. The minimum Gasteiger partial charge on any atom is -0.320 e. The molecule has 0 saturated carbocycles. The van der Waals surface area contributed by atoms with Crippen molar-refractivity contribution in [3.8, 4) is 11.1 Å². The molecule has 2 rings (SSSR count). The number of benzene rings is 2. The van der Waals surface area contributed by atoms with E-state index < -0.39 is 6.04 Å². The Morgan fingerprint density at radius 3 is 2.09 bits per heavy atom. The van der Waals surface area contributed by atoms with Gasteiger partial charge in [0.2, 0.25) is 5.91 Å². The molecule has 0 unspecified atom stereocenters. The van der Waals surface area contributed by atoms with E-state index in [2.05, 4.69) is 26.0 Å². The van der Waals surface area contributed by atoms with E-state index in [-0.39, 0.29) is 5.91 Å². The molecule has 0 bridgehead atoms. The predicted octanol–water partition coefficient (Wildman–Crippen LogP) is 3.69. The van der Waals surface area contributed by atoms with Crippen LogP contribution in [-0.2, 0) is 4.79 Å². The van der Waals surface area contributed by atoms with E-state index in [1.165, 1.54) is 5.56 Å². The number of carbonyl (C=O) groups is 1. The molecule has 0 spiro atoms. The monoisotopic (exact) mass is 296 g/mol. The predicted molar refractivity (Wildman–Crippen MR) is 92.7 cm³/mol. The lowest BCUT2D eigenvalue weighted by Gasteiger charge is -2.22. The number of hydrogen-bond donors (Lipinski definition) is 1. The van der Waals surface area contributed by atoms with Gasteiger partial charge in [-0.15, -0.1) is 0 Å². The van der Waals surface area contributed by atoms with Gasteiger partial charge in [-0.1, -0.05) is 56.3 Å². The molecule has 2 N–H and O–H groups in total. The van der Waals surface area contributed by atoms with Gasteiger partial charge >= 0.3 is 0 Å². The van der Waals surface area contributed by atoms with Gasteiger partial charge in [0, 0.05) is 12.7 Å². The van der Waals surface area contributed by atoms with Crippen LogP contribution in [-0.4, -0.2) is 19.0 Å². The van der Waals surface area contributed by atoms with Gasteiger partial charge in [0.1, 0.15) is 0 Å². The van der Waals surface area contributed by atoms with Gasteiger partial charge in [-0.2, -0.15) is 0 Å². The highest BCUT2D eigenvalue weighted by atomic mass is 16.2. The zero-order valence-electron chi connectivity index (χ0n) is 13.5. The van der Waals surface area contributed by atoms with E-state index in [4.69, 9.17) is 5.73 Å². The summed E-state index contributed by atoms with van der Waals surface area (Å²) in [5.41, 5.74) is 9.15. The molecule has 2 aromatic carbocycles. The van der Waals surface area contributed by atoms with E-state index in [0.29, 0.717) is 12.3 Å². The van der Waals surface area contributed by atoms with Crippen molar-refractivity contribution in [2.75, 3.05) is 11.9 Å². The first-order valence-corrected chi connectivity index (χ1v) is 7.67. The van der Waals surface area contributed by atoms with Crippen LogP contribution in [0.1, 0.15) is 20.3 Å². The van der Waals surface area contributed by atoms with Crippen LogP contribution in [0.15, 0.2) is 54.6 Å². The zero-order valence-corrected chi connectivity index (χ0v) is 13.5. The third-order valence-electron chi connectivity index (χ3n) is 3.73. The van der Waals surface area contributed by atoms with E-state index >= 15 is 0 Å². The minimum atomic E-state index is -0.446. The van der Waals surface area contributed by atoms with Crippen LogP contribution >= 0.6 is 0 Å². The van der Waals surface area contributed by atoms with E-state index in [9.17, 15) is 4.79 Å². The molecule has 0 aliphatic carbocycles. The lowest BCUT2D eigenvalue weighted by Crippen LogP contribution is -2.42. The van der Waals surface area contributed by atoms with E-state index in [1.807, 2.05) is 42.5 Å². The maximum Gasteiger partial charge on any atom is 0.243 e. The molecule has 3 heteroatoms. The molecule has 0 heterocycles. The molecular formula is C19H24N2O. The number of nitrogens with zero attached hydrogens (tertiary/aromatic N) is 1. The number of carbonyl (C=O) groups excluding carboxylic acids is 1. The highest BCUT2D eigenvalue weighted by molar-refractivity contribution is 5.96. The second-order valence-corrected chi connectivity index (χ2v) is 6.05. The topological polar surface area (TPSA) is 46.3 Å². The van der Waals surface area contributed by atoms with E-state index in [1.54, 1.807) is 11.9 Å². The third kappa shape index (κ3) is 3.95. The van der Waals surface area contributed by atoms with Gasteiger partial charge in [-0.25, -0.2) is 0 Å². The fourth-order valence-electron chi connectivity index (χ4n) is 2.49. The summed E-state index contributed by atoms with van der Waals surface area (Å²) in [5, 5.41) is 0. The summed E-state index contributed by atoms with van der Waals surface area (Å²) in [6.07, 6.45) is 0.700. The number of nitrogens with two attached hydrogens (primary N) is 1. The summed E-state index contributed by atoms with van der Waals surface area (Å²) in [6.45, 7) is 4.14. The number of hydrogen-bond acceptors (Lipinski definition) is 2. The summed E-state index contributed by atoms with van der Waals surface area (Å²) in [5.74, 6) is 0.369. The maximum absolute atomic E-state index is 12.3. The first kappa shape index (κ1) is 16.2. The Morgan fingerprint density at radius 2 is 1.55 bits per heavy atom. The molecule has 0 radical (unpaired) electrons. The van der Waals surface area contributed by atoms with Crippen molar-refractivity contribution in [3.63, 3.8) is 0 Å². The maximum atomic E-state index is 12.3. The lowest BCUT2D eigenvalue weighted by molar-refractivity contribution is -0.119. The average Bonchev–Trinajstić information content (AvgIpc) is 2.54. The van der Waals surface area contributed by atoms with Gasteiger partial charge in [0.25, 0.3) is 0 Å². The molecule has 116 valence electrons. The molecule has 1 amide bonds. The largest absolute Gasteiger partial charge is 0.320 e. The molecule has 1 atom stereocenters. The number of amides is 1. The lowest BCUT2D eigenvalue weighted by atomic mass is 10.0. The normalized spacial score (nSPS) is 12.2. The van der Waals surface area contributed by atoms with Crippen molar-refractivity contribution >= 4 is 11.6 Å². The van der Waals surface area contributed by atoms with Crippen LogP contribution < -0.4 is 10.6 Å². The Kier molecular flexibility index (Phi) is 5.34. The Morgan fingerprint density at radius 1 is 1.00 bits per heavy atom. The van der Waals surface area contributed by atoms with Crippen LogP contribution in [0.4, 0.5) is 5.69 Å². The van der Waals surface area contributed by atoms with Gasteiger partial charge < -0.3 is 10.6 Å². The Hall–Kier alpha value is -2.13. The molecule has 0 aromatic heterocycles. The van der Waals surface area contributed by atoms with Crippen LogP contribution in [0.2, 0.25) is 0 Å². The Balaban J connectivity index is 2.11. The van der Waals surface area contributed by atoms with Gasteiger partial charge in [-0.3, -0.25) is 4.79 Å². The Bertz CT molecular complexity index is 605. The fraction of sp³-hybridized carbons (Fsp3) is 0.316. The van der Waals surface area contributed by atoms with Crippen molar-refractivity contribution in [1.29, 1.82) is 0 Å². The second kappa shape index (κ2) is 7.23. The molecule has 22 heavy (non-hydrogen) atoms. The van der Waals surface area contributed by atoms with Gasteiger partial charge in [-0.05, 0) is 35.6 Å². The third-order valence-corrected chi connectivity index (χ3v) is 3.73. The molecule has 0 aliphatic rings. The smallest absolute Gasteiger partial charge is 0.243 e. The Labute approximate surface area is 132 Å². The SMILES string of the molecule is CC(C)C[C@H](N)C(=O)N(C)c1ccc(-c2ccccc2)cc1. The zero-order chi connectivity index (χ0) is 16.1. The number of anilines is 1. The number of likely N-dealkylation sites (N-methyl/N-ethyl adjacent to an activating group) is 1. The first-order valence-electron chi connectivity index (χ1n) is 7.67. The van der Waals surface area contributed by atoms with Crippen LogP contribution in [0, 0.1) is 5.92 Å². The molecule has 0 aliphatic heterocycles. The minimum absolute atomic E-state index is 0.0406. The molecule has 2 aromatic rings. The summed E-state index contributed by atoms with van der Waals surface area (Å²) in [7, 11) is 1.78. The van der Waals surface area contributed by atoms with Crippen LogP contribution in [0.25, 0.3) is 11.1 Å². The van der Waals surface area contributed by atoms with Gasteiger partial charge in [0.05, 0.1) is 6.04 Å². The molecule has 0 fully saturated rings. The summed E-state index contributed by atoms with van der Waals surface area (Å²) < 4.78 is 0. The molecular weight excluding hydrogens is 272 g/mol. The van der Waals surface area contributed by atoms with Crippen molar-refractivity contribution in [1.82, 2.24) is 0 Å². The van der Waals surface area contributed by atoms with Crippen LogP contribution in [0.3, 0.4) is 0 Å².